The number of pyridine rings is 1. The van der Waals surface area contributed by atoms with Gasteiger partial charge >= 0.3 is 0 Å². The number of aromatic nitrogens is 2. The van der Waals surface area contributed by atoms with E-state index in [1.54, 1.807) is 34.9 Å². The molecule has 0 saturated carbocycles. The van der Waals surface area contributed by atoms with Gasteiger partial charge in [0.2, 0.25) is 0 Å². The number of carbonyl (C=O) groups excluding carboxylic acids is 2. The van der Waals surface area contributed by atoms with E-state index in [2.05, 4.69) is 15.6 Å². The lowest BCUT2D eigenvalue weighted by atomic mass is 10.1. The van der Waals surface area contributed by atoms with Gasteiger partial charge in [-0.05, 0) is 35.9 Å². The summed E-state index contributed by atoms with van der Waals surface area (Å²) >= 11 is 0. The van der Waals surface area contributed by atoms with Crippen molar-refractivity contribution in [1.29, 1.82) is 0 Å². The zero-order valence-electron chi connectivity index (χ0n) is 16.0. The first-order valence-electron chi connectivity index (χ1n) is 9.46. The third-order valence-corrected chi connectivity index (χ3v) is 4.72. The van der Waals surface area contributed by atoms with Crippen LogP contribution in [0.2, 0.25) is 0 Å². The van der Waals surface area contributed by atoms with Gasteiger partial charge in [-0.2, -0.15) is 0 Å². The normalized spacial score (nSPS) is 11.8. The summed E-state index contributed by atoms with van der Waals surface area (Å²) in [7, 11) is 0. The summed E-state index contributed by atoms with van der Waals surface area (Å²) in [5.41, 5.74) is 2.74. The van der Waals surface area contributed by atoms with Crippen LogP contribution in [-0.2, 0) is 0 Å². The molecule has 150 valence electrons. The third kappa shape index (κ3) is 4.06. The van der Waals surface area contributed by atoms with E-state index >= 15 is 0 Å². The van der Waals surface area contributed by atoms with Crippen LogP contribution in [0.5, 0.6) is 0 Å². The number of fused-ring (bicyclic) bond motifs is 1. The molecule has 7 nitrogen and oxygen atoms in total. The highest BCUT2D eigenvalue weighted by Crippen LogP contribution is 2.16. The van der Waals surface area contributed by atoms with Gasteiger partial charge in [-0.3, -0.25) is 14.0 Å². The van der Waals surface area contributed by atoms with Crippen molar-refractivity contribution in [1.82, 2.24) is 14.7 Å². The molecule has 2 amide bonds. The predicted molar refractivity (Wildman–Crippen MR) is 113 cm³/mol. The molecule has 0 aliphatic heterocycles. The van der Waals surface area contributed by atoms with Crippen molar-refractivity contribution in [2.45, 2.75) is 6.04 Å². The van der Waals surface area contributed by atoms with Gasteiger partial charge in [-0.15, -0.1) is 0 Å². The minimum atomic E-state index is -0.518. The van der Waals surface area contributed by atoms with Gasteiger partial charge < -0.3 is 15.7 Å². The minimum Gasteiger partial charge on any atom is -0.394 e. The summed E-state index contributed by atoms with van der Waals surface area (Å²) in [5, 5.41) is 15.3. The number of nitrogens with zero attached hydrogens (tertiary/aromatic N) is 2. The van der Waals surface area contributed by atoms with Crippen LogP contribution in [0.15, 0.2) is 85.2 Å². The van der Waals surface area contributed by atoms with E-state index < -0.39 is 6.04 Å². The summed E-state index contributed by atoms with van der Waals surface area (Å²) in [6.45, 7) is -0.222. The molecule has 0 bridgehead atoms. The number of benzene rings is 2. The number of amides is 2. The second-order valence-electron chi connectivity index (χ2n) is 6.73. The van der Waals surface area contributed by atoms with E-state index in [-0.39, 0.29) is 18.4 Å². The monoisotopic (exact) mass is 400 g/mol. The maximum Gasteiger partial charge on any atom is 0.274 e. The van der Waals surface area contributed by atoms with Crippen molar-refractivity contribution in [3.05, 3.63) is 102 Å². The number of nitrogens with one attached hydrogen (secondary N) is 2. The van der Waals surface area contributed by atoms with Crippen molar-refractivity contribution in [2.24, 2.45) is 0 Å². The lowest BCUT2D eigenvalue weighted by Crippen LogP contribution is -2.30. The number of imidazole rings is 1. The smallest absolute Gasteiger partial charge is 0.274 e. The van der Waals surface area contributed by atoms with Crippen LogP contribution in [-0.4, -0.2) is 32.9 Å². The Balaban J connectivity index is 1.49. The molecule has 0 radical (unpaired) electrons. The van der Waals surface area contributed by atoms with E-state index in [9.17, 15) is 14.7 Å². The highest BCUT2D eigenvalue weighted by Gasteiger charge is 2.16. The number of hydrogen-bond acceptors (Lipinski definition) is 4. The second kappa shape index (κ2) is 8.59. The Kier molecular flexibility index (Phi) is 5.54. The molecule has 2 heterocycles. The molecular weight excluding hydrogens is 380 g/mol. The third-order valence-electron chi connectivity index (χ3n) is 4.72. The Labute approximate surface area is 173 Å². The van der Waals surface area contributed by atoms with Crippen LogP contribution in [0, 0.1) is 0 Å². The van der Waals surface area contributed by atoms with Gasteiger partial charge in [-0.25, -0.2) is 4.98 Å². The maximum atomic E-state index is 12.7. The molecule has 0 aliphatic carbocycles. The Bertz CT molecular complexity index is 1190. The van der Waals surface area contributed by atoms with E-state index in [1.807, 2.05) is 48.5 Å². The fourth-order valence-electron chi connectivity index (χ4n) is 3.20. The first-order chi connectivity index (χ1) is 14.7. The Hall–Kier alpha value is -3.97. The van der Waals surface area contributed by atoms with Gasteiger partial charge in [0.1, 0.15) is 11.3 Å². The average molecular weight is 400 g/mol. The van der Waals surface area contributed by atoms with Gasteiger partial charge in [0.25, 0.3) is 11.8 Å². The first kappa shape index (κ1) is 19.4. The molecule has 4 rings (SSSR count). The Morgan fingerprint density at radius 3 is 2.57 bits per heavy atom. The van der Waals surface area contributed by atoms with Crippen LogP contribution in [0.4, 0.5) is 5.69 Å². The average Bonchev–Trinajstić information content (AvgIpc) is 3.22. The Morgan fingerprint density at radius 1 is 0.967 bits per heavy atom. The quantitative estimate of drug-likeness (QED) is 0.464. The van der Waals surface area contributed by atoms with Crippen molar-refractivity contribution in [3.8, 4) is 0 Å². The van der Waals surface area contributed by atoms with Gasteiger partial charge in [0.05, 0.1) is 18.8 Å². The number of rotatable bonds is 6. The van der Waals surface area contributed by atoms with Crippen LogP contribution < -0.4 is 10.6 Å². The molecule has 0 fully saturated rings. The summed E-state index contributed by atoms with van der Waals surface area (Å²) < 4.78 is 1.69. The highest BCUT2D eigenvalue weighted by atomic mass is 16.3. The molecular formula is C23H20N4O3. The zero-order valence-corrected chi connectivity index (χ0v) is 16.0. The SMILES string of the molecule is O=C(N[C@H](CO)c1ccccc1)c1cccc(NC(=O)c2cnc3ccccn23)c1. The van der Waals surface area contributed by atoms with E-state index in [1.165, 1.54) is 6.20 Å². The van der Waals surface area contributed by atoms with Crippen LogP contribution in [0.1, 0.15) is 32.5 Å². The molecule has 0 spiro atoms. The van der Waals surface area contributed by atoms with Gasteiger partial charge in [-0.1, -0.05) is 42.5 Å². The number of anilines is 1. The fraction of sp³-hybridized carbons (Fsp3) is 0.0870. The van der Waals surface area contributed by atoms with E-state index in [4.69, 9.17) is 0 Å². The second-order valence-corrected chi connectivity index (χ2v) is 6.73. The molecule has 0 unspecified atom stereocenters. The van der Waals surface area contributed by atoms with E-state index in [0.29, 0.717) is 22.6 Å². The molecule has 2 aromatic carbocycles. The van der Waals surface area contributed by atoms with Crippen LogP contribution in [0.25, 0.3) is 5.65 Å². The van der Waals surface area contributed by atoms with Crippen LogP contribution in [0.3, 0.4) is 0 Å². The van der Waals surface area contributed by atoms with Gasteiger partial charge in [0, 0.05) is 17.4 Å². The molecule has 1 atom stereocenters. The summed E-state index contributed by atoms with van der Waals surface area (Å²) in [6, 6.07) is 20.9. The topological polar surface area (TPSA) is 95.7 Å². The number of carbonyl (C=O) groups is 2. The number of hydrogen-bond donors (Lipinski definition) is 3. The summed E-state index contributed by atoms with van der Waals surface area (Å²) in [5.74, 6) is -0.674. The molecule has 30 heavy (non-hydrogen) atoms. The highest BCUT2D eigenvalue weighted by molar-refractivity contribution is 6.04. The zero-order chi connectivity index (χ0) is 20.9. The molecule has 7 heteroatoms. The first-order valence-corrected chi connectivity index (χ1v) is 9.46. The lowest BCUT2D eigenvalue weighted by Gasteiger charge is -2.17. The maximum absolute atomic E-state index is 12.7. The van der Waals surface area contributed by atoms with E-state index in [0.717, 1.165) is 5.56 Å². The molecule has 4 aromatic rings. The predicted octanol–water partition coefficient (Wildman–Crippen LogP) is 3.05. The molecule has 2 aromatic heterocycles. The molecule has 3 N–H and O–H groups in total. The van der Waals surface area contributed by atoms with Crippen molar-refractivity contribution >= 4 is 23.1 Å². The lowest BCUT2D eigenvalue weighted by molar-refractivity contribution is 0.0915. The standard InChI is InChI=1S/C23H20N4O3/c28-15-19(16-7-2-1-3-8-16)26-22(29)17-9-6-10-18(13-17)25-23(30)20-14-24-21-11-4-5-12-27(20)21/h1-14,19,28H,15H2,(H,25,30)(H,26,29)/t19-/m1/s1. The van der Waals surface area contributed by atoms with Crippen LogP contribution >= 0.6 is 0 Å². The van der Waals surface area contributed by atoms with Crippen molar-refractivity contribution in [2.75, 3.05) is 11.9 Å². The summed E-state index contributed by atoms with van der Waals surface area (Å²) in [4.78, 5) is 29.6. The molecule has 0 aliphatic rings. The molecule has 0 saturated heterocycles. The Morgan fingerprint density at radius 2 is 1.77 bits per heavy atom. The minimum absolute atomic E-state index is 0.222. The van der Waals surface area contributed by atoms with Crippen molar-refractivity contribution in [3.63, 3.8) is 0 Å². The van der Waals surface area contributed by atoms with Gasteiger partial charge in [0.15, 0.2) is 0 Å². The number of aliphatic hydroxyl groups excluding tert-OH is 1. The summed E-state index contributed by atoms with van der Waals surface area (Å²) in [6.07, 6.45) is 3.27. The van der Waals surface area contributed by atoms with Crippen molar-refractivity contribution < 1.29 is 14.7 Å². The largest absolute Gasteiger partial charge is 0.394 e. The number of aliphatic hydroxyl groups is 1. The fourth-order valence-corrected chi connectivity index (χ4v) is 3.20.